The lowest BCUT2D eigenvalue weighted by atomic mass is 10.2. The molecule has 1 fully saturated rings. The number of nitrogens with one attached hydrogen (secondary N) is 1. The van der Waals surface area contributed by atoms with Crippen LogP contribution in [0.25, 0.3) is 0 Å². The van der Waals surface area contributed by atoms with Crippen LogP contribution in [0.15, 0.2) is 36.4 Å². The second kappa shape index (κ2) is 7.24. The first-order chi connectivity index (χ1) is 13.5. The molecular formula is C20H19ClN2O5. The van der Waals surface area contributed by atoms with Crippen molar-refractivity contribution in [2.24, 2.45) is 0 Å². The van der Waals surface area contributed by atoms with Gasteiger partial charge in [0.05, 0.1) is 16.3 Å². The van der Waals surface area contributed by atoms with E-state index in [1.807, 2.05) is 0 Å². The molecule has 28 heavy (non-hydrogen) atoms. The first-order valence-corrected chi connectivity index (χ1v) is 9.37. The summed E-state index contributed by atoms with van der Waals surface area (Å²) in [7, 11) is 0. The first-order valence-electron chi connectivity index (χ1n) is 8.99. The SMILES string of the molecule is Nc1c(Cl)cccc1C(=O)OCC(=O)Nc1ccc2c(c1)OC1(CCCC1)O2. The van der Waals surface area contributed by atoms with E-state index in [2.05, 4.69) is 5.32 Å². The number of halogens is 1. The molecular weight excluding hydrogens is 384 g/mol. The molecule has 2 aromatic carbocycles. The lowest BCUT2D eigenvalue weighted by molar-refractivity contribution is -0.119. The Kier molecular flexibility index (Phi) is 4.77. The number of carbonyl (C=O) groups excluding carboxylic acids is 2. The fourth-order valence-electron chi connectivity index (χ4n) is 3.41. The number of anilines is 2. The maximum Gasteiger partial charge on any atom is 0.340 e. The number of amides is 1. The number of nitrogen functional groups attached to an aromatic ring is 1. The zero-order valence-electron chi connectivity index (χ0n) is 15.0. The van der Waals surface area contributed by atoms with Crippen molar-refractivity contribution in [2.45, 2.75) is 31.5 Å². The van der Waals surface area contributed by atoms with E-state index in [0.29, 0.717) is 17.2 Å². The predicted octanol–water partition coefficient (Wildman–Crippen LogP) is 3.76. The van der Waals surface area contributed by atoms with Gasteiger partial charge in [0, 0.05) is 24.6 Å². The molecule has 146 valence electrons. The molecule has 0 bridgehead atoms. The lowest BCUT2D eigenvalue weighted by Crippen LogP contribution is -2.34. The zero-order valence-corrected chi connectivity index (χ0v) is 15.8. The molecule has 4 rings (SSSR count). The van der Waals surface area contributed by atoms with Crippen LogP contribution >= 0.6 is 11.6 Å². The number of hydrogen-bond donors (Lipinski definition) is 2. The molecule has 0 radical (unpaired) electrons. The lowest BCUT2D eigenvalue weighted by Gasteiger charge is -2.21. The van der Waals surface area contributed by atoms with Crippen molar-refractivity contribution >= 4 is 34.9 Å². The maximum atomic E-state index is 12.1. The summed E-state index contributed by atoms with van der Waals surface area (Å²) in [5.41, 5.74) is 6.52. The van der Waals surface area contributed by atoms with E-state index < -0.39 is 24.3 Å². The zero-order chi connectivity index (χ0) is 19.7. The van der Waals surface area contributed by atoms with Gasteiger partial charge in [-0.05, 0) is 37.1 Å². The minimum Gasteiger partial charge on any atom is -0.452 e. The molecule has 2 aliphatic rings. The van der Waals surface area contributed by atoms with Gasteiger partial charge in [0.1, 0.15) is 0 Å². The molecule has 0 unspecified atom stereocenters. The Morgan fingerprint density at radius 3 is 2.68 bits per heavy atom. The van der Waals surface area contributed by atoms with Crippen molar-refractivity contribution in [2.75, 3.05) is 17.7 Å². The van der Waals surface area contributed by atoms with E-state index in [4.69, 9.17) is 31.5 Å². The third-order valence-corrected chi connectivity index (χ3v) is 5.12. The van der Waals surface area contributed by atoms with E-state index >= 15 is 0 Å². The highest BCUT2D eigenvalue weighted by Crippen LogP contribution is 2.47. The predicted molar refractivity (Wildman–Crippen MR) is 104 cm³/mol. The quantitative estimate of drug-likeness (QED) is 0.596. The van der Waals surface area contributed by atoms with E-state index in [-0.39, 0.29) is 16.3 Å². The van der Waals surface area contributed by atoms with Gasteiger partial charge < -0.3 is 25.3 Å². The summed E-state index contributed by atoms with van der Waals surface area (Å²) < 4.78 is 16.9. The highest BCUT2D eigenvalue weighted by Gasteiger charge is 2.44. The molecule has 8 heteroatoms. The van der Waals surface area contributed by atoms with Gasteiger partial charge in [0.2, 0.25) is 0 Å². The fourth-order valence-corrected chi connectivity index (χ4v) is 3.58. The third-order valence-electron chi connectivity index (χ3n) is 4.79. The van der Waals surface area contributed by atoms with Gasteiger partial charge in [-0.15, -0.1) is 0 Å². The largest absolute Gasteiger partial charge is 0.452 e. The van der Waals surface area contributed by atoms with Crippen molar-refractivity contribution in [1.29, 1.82) is 0 Å². The van der Waals surface area contributed by atoms with Crippen LogP contribution in [0.2, 0.25) is 5.02 Å². The van der Waals surface area contributed by atoms with Crippen LogP contribution in [0.5, 0.6) is 11.5 Å². The number of esters is 1. The minimum absolute atomic E-state index is 0.116. The Morgan fingerprint density at radius 1 is 1.14 bits per heavy atom. The van der Waals surface area contributed by atoms with Crippen LogP contribution in [0.3, 0.4) is 0 Å². The summed E-state index contributed by atoms with van der Waals surface area (Å²) in [4.78, 5) is 24.2. The summed E-state index contributed by atoms with van der Waals surface area (Å²) in [6, 6.07) is 9.81. The molecule has 0 saturated heterocycles. The van der Waals surface area contributed by atoms with Crippen molar-refractivity contribution in [3.63, 3.8) is 0 Å². The first kappa shape index (κ1) is 18.4. The van der Waals surface area contributed by atoms with Crippen molar-refractivity contribution in [1.82, 2.24) is 0 Å². The highest BCUT2D eigenvalue weighted by molar-refractivity contribution is 6.33. The van der Waals surface area contributed by atoms with Gasteiger partial charge in [0.25, 0.3) is 11.7 Å². The van der Waals surface area contributed by atoms with Gasteiger partial charge in [0.15, 0.2) is 18.1 Å². The summed E-state index contributed by atoms with van der Waals surface area (Å²) in [6.07, 6.45) is 3.85. The van der Waals surface area contributed by atoms with Crippen molar-refractivity contribution in [3.8, 4) is 11.5 Å². The second-order valence-electron chi connectivity index (χ2n) is 6.81. The van der Waals surface area contributed by atoms with Crippen LogP contribution in [0.4, 0.5) is 11.4 Å². The van der Waals surface area contributed by atoms with Crippen LogP contribution in [-0.4, -0.2) is 24.3 Å². The average molecular weight is 403 g/mol. The van der Waals surface area contributed by atoms with Crippen LogP contribution in [0, 0.1) is 0 Å². The molecule has 0 aromatic heterocycles. The number of fused-ring (bicyclic) bond motifs is 1. The third kappa shape index (κ3) is 3.57. The van der Waals surface area contributed by atoms with Gasteiger partial charge in [-0.3, -0.25) is 4.79 Å². The average Bonchev–Trinajstić information content (AvgIpc) is 3.27. The van der Waals surface area contributed by atoms with E-state index in [1.54, 1.807) is 30.3 Å². The monoisotopic (exact) mass is 402 g/mol. The van der Waals surface area contributed by atoms with Gasteiger partial charge >= 0.3 is 5.97 Å². The Hall–Kier alpha value is -2.93. The number of nitrogens with two attached hydrogens (primary N) is 1. The number of para-hydroxylation sites is 1. The van der Waals surface area contributed by atoms with Crippen molar-refractivity contribution < 1.29 is 23.8 Å². The Morgan fingerprint density at radius 2 is 1.89 bits per heavy atom. The Labute approximate surface area is 166 Å². The minimum atomic E-state index is -0.719. The number of ether oxygens (including phenoxy) is 3. The molecule has 1 amide bonds. The molecule has 1 aliphatic heterocycles. The van der Waals surface area contributed by atoms with E-state index in [1.165, 1.54) is 6.07 Å². The Bertz CT molecular complexity index is 940. The molecule has 1 saturated carbocycles. The van der Waals surface area contributed by atoms with E-state index in [0.717, 1.165) is 25.7 Å². The molecule has 2 aromatic rings. The summed E-state index contributed by atoms with van der Waals surface area (Å²) >= 11 is 5.89. The number of rotatable bonds is 4. The number of benzene rings is 2. The molecule has 7 nitrogen and oxygen atoms in total. The van der Waals surface area contributed by atoms with Gasteiger partial charge in [-0.2, -0.15) is 0 Å². The van der Waals surface area contributed by atoms with Gasteiger partial charge in [-0.1, -0.05) is 17.7 Å². The molecule has 1 heterocycles. The van der Waals surface area contributed by atoms with Gasteiger partial charge in [-0.25, -0.2) is 4.79 Å². The van der Waals surface area contributed by atoms with Crippen LogP contribution < -0.4 is 20.5 Å². The van der Waals surface area contributed by atoms with E-state index in [9.17, 15) is 9.59 Å². The van der Waals surface area contributed by atoms with Crippen molar-refractivity contribution in [3.05, 3.63) is 47.0 Å². The normalized spacial score (nSPS) is 16.2. The Balaban J connectivity index is 1.35. The molecule has 1 aliphatic carbocycles. The fraction of sp³-hybridized carbons (Fsp3) is 0.300. The molecule has 1 spiro atoms. The highest BCUT2D eigenvalue weighted by atomic mass is 35.5. The summed E-state index contributed by atoms with van der Waals surface area (Å²) in [5.74, 6) is -0.490. The number of hydrogen-bond acceptors (Lipinski definition) is 6. The maximum absolute atomic E-state index is 12.1. The smallest absolute Gasteiger partial charge is 0.340 e. The summed E-state index contributed by atoms with van der Waals surface area (Å²) in [6.45, 7) is -0.455. The standard InChI is InChI=1S/C20H19ClN2O5/c21-14-5-3-4-13(18(14)22)19(25)26-11-17(24)23-12-6-7-15-16(10-12)28-20(27-15)8-1-2-9-20/h3-7,10H,1-2,8-9,11,22H2,(H,23,24). The molecule has 3 N–H and O–H groups in total. The second-order valence-corrected chi connectivity index (χ2v) is 7.22. The van der Waals surface area contributed by atoms with Crippen LogP contribution in [0.1, 0.15) is 36.0 Å². The molecule has 0 atom stereocenters. The van der Waals surface area contributed by atoms with Crippen LogP contribution in [-0.2, 0) is 9.53 Å². The number of carbonyl (C=O) groups is 2. The summed E-state index contributed by atoms with van der Waals surface area (Å²) in [5, 5.41) is 2.92. The topological polar surface area (TPSA) is 99.9 Å².